The molecule has 0 aromatic heterocycles. The Morgan fingerprint density at radius 1 is 1.11 bits per heavy atom. The largest absolute Gasteiger partial charge is 0.452 e. The third kappa shape index (κ3) is 3.73. The van der Waals surface area contributed by atoms with Gasteiger partial charge in [-0.3, -0.25) is 4.79 Å². The second-order valence-corrected chi connectivity index (χ2v) is 8.67. The van der Waals surface area contributed by atoms with Crippen molar-refractivity contribution in [2.24, 2.45) is 0 Å². The number of carbonyl (C=O) groups is 2. The minimum atomic E-state index is -3.57. The lowest BCUT2D eigenvalue weighted by molar-refractivity contribution is -0.122. The molecule has 0 spiro atoms. The molecule has 6 nitrogen and oxygen atoms in total. The summed E-state index contributed by atoms with van der Waals surface area (Å²) < 4.78 is 29.5. The first-order chi connectivity index (χ1) is 12.8. The predicted molar refractivity (Wildman–Crippen MR) is 102 cm³/mol. The predicted octanol–water partition coefficient (Wildman–Crippen LogP) is 2.61. The highest BCUT2D eigenvalue weighted by atomic mass is 32.2. The molecule has 0 N–H and O–H groups in total. The van der Waals surface area contributed by atoms with Crippen molar-refractivity contribution in [1.29, 1.82) is 0 Å². The topological polar surface area (TPSA) is 80.7 Å². The van der Waals surface area contributed by atoms with E-state index in [0.29, 0.717) is 0 Å². The third-order valence-corrected chi connectivity index (χ3v) is 6.41. The van der Waals surface area contributed by atoms with Crippen molar-refractivity contribution in [1.82, 2.24) is 0 Å². The minimum Gasteiger partial charge on any atom is -0.452 e. The number of carbonyl (C=O) groups excluding carboxylic acids is 2. The molecule has 0 fully saturated rings. The van der Waals surface area contributed by atoms with E-state index in [4.69, 9.17) is 4.74 Å². The van der Waals surface area contributed by atoms with E-state index in [1.165, 1.54) is 19.1 Å². The molecule has 1 aliphatic heterocycles. The van der Waals surface area contributed by atoms with Gasteiger partial charge in [-0.15, -0.1) is 0 Å². The average molecular weight is 387 g/mol. The van der Waals surface area contributed by atoms with Crippen LogP contribution < -0.4 is 4.90 Å². The van der Waals surface area contributed by atoms with E-state index < -0.39 is 22.4 Å². The summed E-state index contributed by atoms with van der Waals surface area (Å²) in [7, 11) is -3.57. The standard InChI is InChI=1S/C20H21NO5S/c1-3-27(24,25)18-11-7-5-9-16(18)20(23)26-13-19(22)21-14(2)12-15-8-4-6-10-17(15)21/h4-11,14H,3,12-13H2,1-2H3/t14-/m0/s1. The number of ether oxygens (including phenoxy) is 1. The van der Waals surface area contributed by atoms with Crippen LogP contribution in [0.4, 0.5) is 5.69 Å². The van der Waals surface area contributed by atoms with Gasteiger partial charge in [-0.1, -0.05) is 37.3 Å². The Morgan fingerprint density at radius 3 is 2.52 bits per heavy atom. The Labute approximate surface area is 158 Å². The van der Waals surface area contributed by atoms with Crippen LogP contribution in [-0.4, -0.2) is 38.7 Å². The van der Waals surface area contributed by atoms with Crippen LogP contribution in [0.3, 0.4) is 0 Å². The fraction of sp³-hybridized carbons (Fsp3) is 0.300. The van der Waals surface area contributed by atoms with Crippen molar-refractivity contribution in [3.63, 3.8) is 0 Å². The molecule has 0 radical (unpaired) electrons. The Morgan fingerprint density at radius 2 is 1.78 bits per heavy atom. The fourth-order valence-electron chi connectivity index (χ4n) is 3.28. The Balaban J connectivity index is 1.75. The number of para-hydroxylation sites is 1. The summed E-state index contributed by atoms with van der Waals surface area (Å²) in [6.45, 7) is 2.99. The number of benzene rings is 2. The molecule has 7 heteroatoms. The summed E-state index contributed by atoms with van der Waals surface area (Å²) >= 11 is 0. The first kappa shape index (κ1) is 19.1. The van der Waals surface area contributed by atoms with Crippen molar-refractivity contribution >= 4 is 27.4 Å². The minimum absolute atomic E-state index is 0.0265. The van der Waals surface area contributed by atoms with Crippen molar-refractivity contribution in [2.75, 3.05) is 17.3 Å². The van der Waals surface area contributed by atoms with E-state index in [-0.39, 0.29) is 28.2 Å². The van der Waals surface area contributed by atoms with E-state index in [2.05, 4.69) is 0 Å². The summed E-state index contributed by atoms with van der Waals surface area (Å²) in [6, 6.07) is 13.5. The van der Waals surface area contributed by atoms with Gasteiger partial charge < -0.3 is 9.64 Å². The number of sulfone groups is 1. The highest BCUT2D eigenvalue weighted by molar-refractivity contribution is 7.91. The molecule has 2 aromatic carbocycles. The summed E-state index contributed by atoms with van der Waals surface area (Å²) in [5.41, 5.74) is 1.84. The molecule has 0 saturated carbocycles. The second kappa shape index (κ2) is 7.52. The van der Waals surface area contributed by atoms with Crippen LogP contribution in [0.15, 0.2) is 53.4 Å². The van der Waals surface area contributed by atoms with Crippen LogP contribution in [-0.2, 0) is 25.8 Å². The maximum Gasteiger partial charge on any atom is 0.339 e. The molecule has 0 aliphatic carbocycles. The first-order valence-corrected chi connectivity index (χ1v) is 10.4. The molecule has 3 rings (SSSR count). The number of amides is 1. The lowest BCUT2D eigenvalue weighted by Crippen LogP contribution is -2.38. The summed E-state index contributed by atoms with van der Waals surface area (Å²) in [6.07, 6.45) is 0.743. The zero-order valence-corrected chi connectivity index (χ0v) is 16.0. The van der Waals surface area contributed by atoms with Gasteiger partial charge in [0.2, 0.25) is 0 Å². The normalized spacial score (nSPS) is 16.1. The van der Waals surface area contributed by atoms with Crippen LogP contribution in [0.1, 0.15) is 29.8 Å². The van der Waals surface area contributed by atoms with Crippen molar-refractivity contribution < 1.29 is 22.7 Å². The van der Waals surface area contributed by atoms with Gasteiger partial charge in [-0.2, -0.15) is 0 Å². The third-order valence-electron chi connectivity index (χ3n) is 4.62. The molecular weight excluding hydrogens is 366 g/mol. The first-order valence-electron chi connectivity index (χ1n) is 8.74. The highest BCUT2D eigenvalue weighted by Gasteiger charge is 2.31. The smallest absolute Gasteiger partial charge is 0.339 e. The number of hydrogen-bond donors (Lipinski definition) is 0. The van der Waals surface area contributed by atoms with Crippen LogP contribution in [0.25, 0.3) is 0 Å². The highest BCUT2D eigenvalue weighted by Crippen LogP contribution is 2.31. The van der Waals surface area contributed by atoms with E-state index in [0.717, 1.165) is 17.7 Å². The van der Waals surface area contributed by atoms with Gasteiger partial charge >= 0.3 is 5.97 Å². The van der Waals surface area contributed by atoms with E-state index in [1.54, 1.807) is 17.0 Å². The fourth-order valence-corrected chi connectivity index (χ4v) is 4.37. The monoisotopic (exact) mass is 387 g/mol. The van der Waals surface area contributed by atoms with Crippen molar-refractivity contribution in [2.45, 2.75) is 31.2 Å². The Bertz CT molecular complexity index is 983. The molecule has 0 bridgehead atoms. The van der Waals surface area contributed by atoms with Gasteiger partial charge in [0.05, 0.1) is 16.2 Å². The van der Waals surface area contributed by atoms with Crippen LogP contribution in [0.5, 0.6) is 0 Å². The number of anilines is 1. The van der Waals surface area contributed by atoms with Gasteiger partial charge in [0.1, 0.15) is 0 Å². The van der Waals surface area contributed by atoms with Gasteiger partial charge in [0.25, 0.3) is 5.91 Å². The zero-order valence-electron chi connectivity index (χ0n) is 15.2. The lowest BCUT2D eigenvalue weighted by Gasteiger charge is -2.22. The summed E-state index contributed by atoms with van der Waals surface area (Å²) in [5.74, 6) is -1.29. The summed E-state index contributed by atoms with van der Waals surface area (Å²) in [4.78, 5) is 26.6. The van der Waals surface area contributed by atoms with Gasteiger partial charge in [-0.05, 0) is 37.1 Å². The van der Waals surface area contributed by atoms with E-state index in [9.17, 15) is 18.0 Å². The van der Waals surface area contributed by atoms with Crippen LogP contribution >= 0.6 is 0 Å². The second-order valence-electron chi connectivity index (χ2n) is 6.42. The Kier molecular flexibility index (Phi) is 5.32. The molecule has 142 valence electrons. The zero-order chi connectivity index (χ0) is 19.6. The maximum absolute atomic E-state index is 12.6. The number of esters is 1. The molecule has 1 amide bonds. The quantitative estimate of drug-likeness (QED) is 0.737. The van der Waals surface area contributed by atoms with E-state index in [1.807, 2.05) is 31.2 Å². The number of nitrogens with zero attached hydrogens (tertiary/aromatic N) is 1. The van der Waals surface area contributed by atoms with E-state index >= 15 is 0 Å². The van der Waals surface area contributed by atoms with Gasteiger partial charge in [0, 0.05) is 11.7 Å². The number of fused-ring (bicyclic) bond motifs is 1. The molecule has 27 heavy (non-hydrogen) atoms. The van der Waals surface area contributed by atoms with Crippen LogP contribution in [0, 0.1) is 0 Å². The molecule has 0 unspecified atom stereocenters. The van der Waals surface area contributed by atoms with Crippen molar-refractivity contribution in [3.05, 3.63) is 59.7 Å². The SMILES string of the molecule is CCS(=O)(=O)c1ccccc1C(=O)OCC(=O)N1c2ccccc2C[C@@H]1C. The van der Waals surface area contributed by atoms with Crippen molar-refractivity contribution in [3.8, 4) is 0 Å². The molecular formula is C20H21NO5S. The summed E-state index contributed by atoms with van der Waals surface area (Å²) in [5, 5.41) is 0. The maximum atomic E-state index is 12.6. The number of rotatable bonds is 5. The number of hydrogen-bond acceptors (Lipinski definition) is 5. The molecule has 2 aromatic rings. The van der Waals surface area contributed by atoms with Gasteiger partial charge in [0.15, 0.2) is 16.4 Å². The van der Waals surface area contributed by atoms with Gasteiger partial charge in [-0.25, -0.2) is 13.2 Å². The molecule has 1 heterocycles. The molecule has 1 atom stereocenters. The molecule has 1 aliphatic rings. The average Bonchev–Trinajstić information content (AvgIpc) is 3.01. The molecule has 0 saturated heterocycles. The van der Waals surface area contributed by atoms with Crippen LogP contribution in [0.2, 0.25) is 0 Å². The Hall–Kier alpha value is -2.67. The lowest BCUT2D eigenvalue weighted by atomic mass is 10.1.